The second-order valence-corrected chi connectivity index (χ2v) is 10.8. The van der Waals surface area contributed by atoms with Crippen molar-refractivity contribution in [2.24, 2.45) is 0 Å². The molecule has 4 aromatic carbocycles. The molecule has 6 rings (SSSR count). The fourth-order valence-electron chi connectivity index (χ4n) is 5.18. The lowest BCUT2D eigenvalue weighted by molar-refractivity contribution is -0.139. The summed E-state index contributed by atoms with van der Waals surface area (Å²) in [7, 11) is 0. The number of H-pyrrole nitrogens is 1. The van der Waals surface area contributed by atoms with E-state index in [1.165, 1.54) is 42.5 Å². The summed E-state index contributed by atoms with van der Waals surface area (Å²) in [4.78, 5) is 48.9. The van der Waals surface area contributed by atoms with Crippen molar-refractivity contribution in [1.82, 2.24) is 20.3 Å². The average Bonchev–Trinajstić information content (AvgIpc) is 3.48. The van der Waals surface area contributed by atoms with Crippen molar-refractivity contribution in [2.45, 2.75) is 12.5 Å². The Balaban J connectivity index is 1.27. The minimum absolute atomic E-state index is 0.0282. The normalized spacial score (nSPS) is 12.0. The first kappa shape index (κ1) is 31.5. The topological polar surface area (TPSA) is 154 Å². The lowest BCUT2D eigenvalue weighted by atomic mass is 10.0. The number of halogens is 2. The Labute approximate surface area is 271 Å². The van der Waals surface area contributed by atoms with E-state index in [-0.39, 0.29) is 18.6 Å². The van der Waals surface area contributed by atoms with Gasteiger partial charge in [0.05, 0.1) is 22.4 Å². The second-order valence-electron chi connectivity index (χ2n) is 10.8. The van der Waals surface area contributed by atoms with E-state index < -0.39 is 35.5 Å². The van der Waals surface area contributed by atoms with Crippen LogP contribution in [-0.2, 0) is 16.0 Å². The number of carbonyl (C=O) groups excluding carboxylic acids is 1. The molecule has 12 heteroatoms. The summed E-state index contributed by atoms with van der Waals surface area (Å²) in [5, 5.41) is 22.0. The number of hydrogen-bond donors (Lipinski definition) is 4. The van der Waals surface area contributed by atoms with Gasteiger partial charge in [-0.15, -0.1) is 0 Å². The average molecular weight is 649 g/mol. The first-order valence-electron chi connectivity index (χ1n) is 14.6. The van der Waals surface area contributed by atoms with E-state index in [9.17, 15) is 28.3 Å². The van der Waals surface area contributed by atoms with E-state index in [2.05, 4.69) is 10.3 Å². The standard InChI is InChI=1S/C36H26F2N4O6/c37-24-8-3-20(4-9-24)33-34(21-5-10-25(38)11-6-21)41-30-16-22(7-13-29(30)40-33)35(45)42-31(36(46)47)17-23-19-39-28-14-12-26(18-27(23)28)48-15-1-2-32(43)44/h1-14,16,18-19,31,39H,15,17H2,(H,42,45)(H,43,44)(H,46,47)/b2-1+/t31-/m0/s1. The Kier molecular flexibility index (Phi) is 8.88. The number of carbonyl (C=O) groups is 3. The zero-order valence-electron chi connectivity index (χ0n) is 25.0. The highest BCUT2D eigenvalue weighted by Crippen LogP contribution is 2.32. The third kappa shape index (κ3) is 7.02. The number of amides is 1. The van der Waals surface area contributed by atoms with Crippen molar-refractivity contribution in [1.29, 1.82) is 0 Å². The molecule has 0 saturated heterocycles. The van der Waals surface area contributed by atoms with Gasteiger partial charge in [-0.2, -0.15) is 0 Å². The van der Waals surface area contributed by atoms with Crippen molar-refractivity contribution < 1.29 is 38.1 Å². The molecule has 6 aromatic rings. The third-order valence-electron chi connectivity index (χ3n) is 7.53. The molecule has 0 aliphatic heterocycles. The molecule has 0 radical (unpaired) electrons. The number of rotatable bonds is 11. The molecular weight excluding hydrogens is 622 g/mol. The van der Waals surface area contributed by atoms with Gasteiger partial charge in [0.1, 0.15) is 30.0 Å². The number of aromatic nitrogens is 3. The summed E-state index contributed by atoms with van der Waals surface area (Å²) in [5.41, 5.74) is 4.20. The molecule has 0 fully saturated rings. The molecule has 0 unspecified atom stereocenters. The predicted molar refractivity (Wildman–Crippen MR) is 173 cm³/mol. The van der Waals surface area contributed by atoms with Gasteiger partial charge in [0.15, 0.2) is 0 Å². The van der Waals surface area contributed by atoms with Gasteiger partial charge in [-0.05, 0) is 96.6 Å². The Morgan fingerprint density at radius 3 is 2.10 bits per heavy atom. The second kappa shape index (κ2) is 13.5. The molecule has 1 atom stereocenters. The highest BCUT2D eigenvalue weighted by Gasteiger charge is 2.23. The number of carboxylic acids is 2. The molecule has 0 bridgehead atoms. The summed E-state index contributed by atoms with van der Waals surface area (Å²) < 4.78 is 33.0. The van der Waals surface area contributed by atoms with Crippen molar-refractivity contribution in [2.75, 3.05) is 6.61 Å². The highest BCUT2D eigenvalue weighted by atomic mass is 19.1. The Morgan fingerprint density at radius 1 is 0.833 bits per heavy atom. The molecule has 4 N–H and O–H groups in total. The van der Waals surface area contributed by atoms with Crippen LogP contribution in [0.1, 0.15) is 15.9 Å². The van der Waals surface area contributed by atoms with E-state index in [0.717, 1.165) is 11.6 Å². The number of nitrogens with zero attached hydrogens (tertiary/aromatic N) is 2. The van der Waals surface area contributed by atoms with Crippen molar-refractivity contribution >= 4 is 39.8 Å². The van der Waals surface area contributed by atoms with E-state index in [1.807, 2.05) is 0 Å². The van der Waals surface area contributed by atoms with Gasteiger partial charge in [0, 0.05) is 46.3 Å². The van der Waals surface area contributed by atoms with Crippen LogP contribution in [0.25, 0.3) is 44.5 Å². The minimum atomic E-state index is -1.29. The van der Waals surface area contributed by atoms with E-state index in [0.29, 0.717) is 50.2 Å². The Bertz CT molecular complexity index is 2200. The Morgan fingerprint density at radius 2 is 1.48 bits per heavy atom. The molecule has 0 aliphatic carbocycles. The smallest absolute Gasteiger partial charge is 0.328 e. The quantitative estimate of drug-likeness (QED) is 0.122. The van der Waals surface area contributed by atoms with Crippen LogP contribution in [0.2, 0.25) is 0 Å². The van der Waals surface area contributed by atoms with Crippen LogP contribution < -0.4 is 10.1 Å². The molecular formula is C36H26F2N4O6. The van der Waals surface area contributed by atoms with Crippen molar-refractivity contribution in [3.8, 4) is 28.3 Å². The van der Waals surface area contributed by atoms with Gasteiger partial charge in [-0.25, -0.2) is 28.3 Å². The van der Waals surface area contributed by atoms with Gasteiger partial charge >= 0.3 is 11.9 Å². The first-order chi connectivity index (χ1) is 23.1. The number of ether oxygens (including phenoxy) is 1. The molecule has 2 aromatic heterocycles. The summed E-state index contributed by atoms with van der Waals surface area (Å²) in [6, 6.07) is 19.8. The van der Waals surface area contributed by atoms with Crippen LogP contribution >= 0.6 is 0 Å². The van der Waals surface area contributed by atoms with Gasteiger partial charge in [0.2, 0.25) is 0 Å². The van der Waals surface area contributed by atoms with Crippen molar-refractivity contribution in [3.05, 3.63) is 126 Å². The van der Waals surface area contributed by atoms with Crippen LogP contribution in [-0.4, -0.2) is 55.7 Å². The zero-order chi connectivity index (χ0) is 33.8. The fraction of sp³-hybridized carbons (Fsp3) is 0.0833. The van der Waals surface area contributed by atoms with Crippen LogP contribution in [0.5, 0.6) is 5.75 Å². The van der Waals surface area contributed by atoms with Crippen molar-refractivity contribution in [3.63, 3.8) is 0 Å². The molecule has 2 heterocycles. The predicted octanol–water partition coefficient (Wildman–Crippen LogP) is 6.17. The van der Waals surface area contributed by atoms with E-state index >= 15 is 0 Å². The molecule has 0 spiro atoms. The number of carboxylic acid groups (broad SMARTS) is 2. The molecule has 48 heavy (non-hydrogen) atoms. The Hall–Kier alpha value is -6.43. The number of nitrogens with one attached hydrogen (secondary N) is 2. The minimum Gasteiger partial charge on any atom is -0.490 e. The maximum absolute atomic E-state index is 13.7. The monoisotopic (exact) mass is 648 g/mol. The highest BCUT2D eigenvalue weighted by molar-refractivity contribution is 6.00. The van der Waals surface area contributed by atoms with Crippen LogP contribution in [0.15, 0.2) is 103 Å². The molecule has 0 aliphatic rings. The fourth-order valence-corrected chi connectivity index (χ4v) is 5.18. The summed E-state index contributed by atoms with van der Waals surface area (Å²) in [6.07, 6.45) is 3.93. The largest absolute Gasteiger partial charge is 0.490 e. The zero-order valence-corrected chi connectivity index (χ0v) is 25.0. The lowest BCUT2D eigenvalue weighted by Gasteiger charge is -2.15. The third-order valence-corrected chi connectivity index (χ3v) is 7.53. The number of hydrogen-bond acceptors (Lipinski definition) is 6. The van der Waals surface area contributed by atoms with Gasteiger partial charge < -0.3 is 25.3 Å². The van der Waals surface area contributed by atoms with Gasteiger partial charge in [-0.3, -0.25) is 4.79 Å². The molecule has 240 valence electrons. The van der Waals surface area contributed by atoms with Crippen LogP contribution in [0.3, 0.4) is 0 Å². The summed E-state index contributed by atoms with van der Waals surface area (Å²) in [5.74, 6) is -3.38. The maximum Gasteiger partial charge on any atom is 0.328 e. The summed E-state index contributed by atoms with van der Waals surface area (Å²) in [6.45, 7) is 0.0282. The molecule has 10 nitrogen and oxygen atoms in total. The number of benzene rings is 4. The number of fused-ring (bicyclic) bond motifs is 2. The molecule has 0 saturated carbocycles. The lowest BCUT2D eigenvalue weighted by Crippen LogP contribution is -2.42. The number of aliphatic carboxylic acids is 2. The number of aromatic amines is 1. The van der Waals surface area contributed by atoms with E-state index in [4.69, 9.17) is 19.8 Å². The van der Waals surface area contributed by atoms with Gasteiger partial charge in [-0.1, -0.05) is 0 Å². The van der Waals surface area contributed by atoms with Gasteiger partial charge in [0.25, 0.3) is 5.91 Å². The molecule has 1 amide bonds. The SMILES string of the molecule is O=C(O)/C=C/COc1ccc2[nH]cc(C[C@H](NC(=O)c3ccc4nc(-c5ccc(F)cc5)c(-c5ccc(F)cc5)nc4c3)C(=O)O)c2c1. The van der Waals surface area contributed by atoms with Crippen LogP contribution in [0.4, 0.5) is 8.78 Å². The van der Waals surface area contributed by atoms with E-state index in [1.54, 1.807) is 54.7 Å². The first-order valence-corrected chi connectivity index (χ1v) is 14.6. The van der Waals surface area contributed by atoms with Crippen LogP contribution in [0, 0.1) is 11.6 Å². The maximum atomic E-state index is 13.7. The summed E-state index contributed by atoms with van der Waals surface area (Å²) >= 11 is 0.